The zero-order chi connectivity index (χ0) is 14.8. The molecule has 0 aliphatic rings. The second-order valence-corrected chi connectivity index (χ2v) is 4.89. The Balaban J connectivity index is 2.41. The summed E-state index contributed by atoms with van der Waals surface area (Å²) >= 11 is 0. The monoisotopic (exact) mass is 282 g/mol. The smallest absolute Gasteiger partial charge is 0.255 e. The van der Waals surface area contributed by atoms with Crippen LogP contribution in [0, 0.1) is 5.82 Å². The Bertz CT molecular complexity index is 841. The zero-order valence-electron chi connectivity index (χ0n) is 11.4. The topological polar surface area (TPSA) is 47.5 Å². The SMILES string of the molecule is NCCc1cc(=O)n2cc(F)ccc2c1-c1ccccc1. The Hall–Kier alpha value is -2.46. The number of benzene rings is 1. The fraction of sp³-hybridized carbons (Fsp3) is 0.118. The Morgan fingerprint density at radius 3 is 2.57 bits per heavy atom. The Morgan fingerprint density at radius 2 is 1.86 bits per heavy atom. The molecule has 3 aromatic rings. The van der Waals surface area contributed by atoms with Crippen LogP contribution in [0.25, 0.3) is 16.6 Å². The van der Waals surface area contributed by atoms with Gasteiger partial charge in [0.05, 0.1) is 5.52 Å². The molecule has 0 unspecified atom stereocenters. The lowest BCUT2D eigenvalue weighted by atomic mass is 9.97. The molecule has 0 saturated carbocycles. The Morgan fingerprint density at radius 1 is 1.10 bits per heavy atom. The summed E-state index contributed by atoms with van der Waals surface area (Å²) in [5.74, 6) is -0.435. The van der Waals surface area contributed by atoms with Crippen molar-refractivity contribution in [2.24, 2.45) is 5.73 Å². The Labute approximate surface area is 121 Å². The van der Waals surface area contributed by atoms with Gasteiger partial charge < -0.3 is 5.73 Å². The number of aromatic nitrogens is 1. The van der Waals surface area contributed by atoms with Crippen molar-refractivity contribution in [1.82, 2.24) is 4.40 Å². The first-order valence-electron chi connectivity index (χ1n) is 6.80. The van der Waals surface area contributed by atoms with Crippen LogP contribution in [0.3, 0.4) is 0 Å². The molecule has 2 aromatic heterocycles. The van der Waals surface area contributed by atoms with Gasteiger partial charge in [-0.2, -0.15) is 0 Å². The predicted molar refractivity (Wildman–Crippen MR) is 81.8 cm³/mol. The van der Waals surface area contributed by atoms with Crippen molar-refractivity contribution in [3.63, 3.8) is 0 Å². The zero-order valence-corrected chi connectivity index (χ0v) is 11.4. The minimum atomic E-state index is -0.435. The van der Waals surface area contributed by atoms with Crippen LogP contribution < -0.4 is 11.3 Å². The van der Waals surface area contributed by atoms with Crippen molar-refractivity contribution in [1.29, 1.82) is 0 Å². The first-order chi connectivity index (χ1) is 10.2. The van der Waals surface area contributed by atoms with Crippen LogP contribution in [0.1, 0.15) is 5.56 Å². The molecule has 1 aromatic carbocycles. The summed E-state index contributed by atoms with van der Waals surface area (Å²) in [6, 6.07) is 14.3. The van der Waals surface area contributed by atoms with E-state index in [-0.39, 0.29) is 5.56 Å². The van der Waals surface area contributed by atoms with Crippen LogP contribution >= 0.6 is 0 Å². The number of rotatable bonds is 3. The van der Waals surface area contributed by atoms with Crippen molar-refractivity contribution in [2.45, 2.75) is 6.42 Å². The second-order valence-electron chi connectivity index (χ2n) is 4.89. The average Bonchev–Trinajstić information content (AvgIpc) is 2.49. The van der Waals surface area contributed by atoms with Crippen LogP contribution in [0.5, 0.6) is 0 Å². The van der Waals surface area contributed by atoms with Gasteiger partial charge in [-0.1, -0.05) is 30.3 Å². The molecule has 2 N–H and O–H groups in total. The van der Waals surface area contributed by atoms with Crippen molar-refractivity contribution in [2.75, 3.05) is 6.54 Å². The van der Waals surface area contributed by atoms with E-state index in [2.05, 4.69) is 0 Å². The average molecular weight is 282 g/mol. The molecule has 0 bridgehead atoms. The lowest BCUT2D eigenvalue weighted by Gasteiger charge is -2.13. The molecule has 3 nitrogen and oxygen atoms in total. The van der Waals surface area contributed by atoms with Gasteiger partial charge in [0.25, 0.3) is 5.56 Å². The van der Waals surface area contributed by atoms with Gasteiger partial charge in [0.15, 0.2) is 0 Å². The molecule has 0 aliphatic carbocycles. The van der Waals surface area contributed by atoms with Gasteiger partial charge in [0.2, 0.25) is 0 Å². The molecule has 4 heteroatoms. The van der Waals surface area contributed by atoms with Crippen LogP contribution in [0.2, 0.25) is 0 Å². The minimum absolute atomic E-state index is 0.243. The molecule has 0 amide bonds. The van der Waals surface area contributed by atoms with E-state index in [0.717, 1.165) is 16.7 Å². The minimum Gasteiger partial charge on any atom is -0.330 e. The third-order valence-electron chi connectivity index (χ3n) is 3.50. The highest BCUT2D eigenvalue weighted by Gasteiger charge is 2.12. The van der Waals surface area contributed by atoms with Crippen LogP contribution in [0.4, 0.5) is 4.39 Å². The molecule has 0 saturated heterocycles. The van der Waals surface area contributed by atoms with Gasteiger partial charge in [-0.05, 0) is 36.2 Å². The maximum Gasteiger partial charge on any atom is 0.255 e. The summed E-state index contributed by atoms with van der Waals surface area (Å²) in [6.07, 6.45) is 1.82. The van der Waals surface area contributed by atoms with Crippen LogP contribution in [0.15, 0.2) is 59.5 Å². The van der Waals surface area contributed by atoms with Crippen LogP contribution in [-0.2, 0) is 6.42 Å². The van der Waals surface area contributed by atoms with Gasteiger partial charge in [-0.15, -0.1) is 0 Å². The molecule has 3 rings (SSSR count). The normalized spacial score (nSPS) is 11.0. The number of hydrogen-bond acceptors (Lipinski definition) is 2. The quantitative estimate of drug-likeness (QED) is 0.802. The molecule has 106 valence electrons. The lowest BCUT2D eigenvalue weighted by molar-refractivity contribution is 0.618. The molecule has 0 spiro atoms. The lowest BCUT2D eigenvalue weighted by Crippen LogP contribution is -2.17. The Kier molecular flexibility index (Phi) is 3.54. The van der Waals surface area contributed by atoms with E-state index in [1.807, 2.05) is 30.3 Å². The summed E-state index contributed by atoms with van der Waals surface area (Å²) in [4.78, 5) is 12.2. The number of pyridine rings is 2. The van der Waals surface area contributed by atoms with Crippen LogP contribution in [-0.4, -0.2) is 10.9 Å². The first kappa shape index (κ1) is 13.5. The summed E-state index contributed by atoms with van der Waals surface area (Å²) in [6.45, 7) is 0.455. The highest BCUT2D eigenvalue weighted by atomic mass is 19.1. The summed E-state index contributed by atoms with van der Waals surface area (Å²) < 4.78 is 14.8. The predicted octanol–water partition coefficient (Wildman–Crippen LogP) is 2.61. The highest BCUT2D eigenvalue weighted by molar-refractivity contribution is 5.83. The van der Waals surface area contributed by atoms with Crippen molar-refractivity contribution >= 4 is 5.52 Å². The maximum atomic E-state index is 13.4. The summed E-state index contributed by atoms with van der Waals surface area (Å²) in [5, 5.41) is 0. The van der Waals surface area contributed by atoms with E-state index in [1.54, 1.807) is 12.1 Å². The molecule has 0 fully saturated rings. The number of hydrogen-bond donors (Lipinski definition) is 1. The molecular weight excluding hydrogens is 267 g/mol. The van der Waals surface area contributed by atoms with Gasteiger partial charge in [-0.25, -0.2) is 4.39 Å². The number of nitrogens with two attached hydrogens (primary N) is 1. The summed E-state index contributed by atoms with van der Waals surface area (Å²) in [5.41, 5.74) is 8.92. The molecule has 2 heterocycles. The van der Waals surface area contributed by atoms with E-state index in [1.165, 1.54) is 16.7 Å². The fourth-order valence-electron chi connectivity index (χ4n) is 2.61. The molecular formula is C17H15FN2O. The van der Waals surface area contributed by atoms with Crippen molar-refractivity contribution in [3.8, 4) is 11.1 Å². The molecule has 0 radical (unpaired) electrons. The standard InChI is InChI=1S/C17H15FN2O/c18-14-6-7-15-17(12-4-2-1-3-5-12)13(8-9-19)10-16(21)20(15)11-14/h1-7,10-11H,8-9,19H2. The number of fused-ring (bicyclic) bond motifs is 1. The largest absolute Gasteiger partial charge is 0.330 e. The third-order valence-corrected chi connectivity index (χ3v) is 3.50. The van der Waals surface area contributed by atoms with E-state index in [4.69, 9.17) is 5.73 Å². The summed E-state index contributed by atoms with van der Waals surface area (Å²) in [7, 11) is 0. The van der Waals surface area contributed by atoms with Crippen molar-refractivity contribution < 1.29 is 4.39 Å². The molecule has 0 atom stereocenters. The van der Waals surface area contributed by atoms with Gasteiger partial charge >= 0.3 is 0 Å². The van der Waals surface area contributed by atoms with E-state index >= 15 is 0 Å². The second kappa shape index (κ2) is 5.50. The highest BCUT2D eigenvalue weighted by Crippen LogP contribution is 2.27. The fourth-order valence-corrected chi connectivity index (χ4v) is 2.61. The maximum absolute atomic E-state index is 13.4. The van der Waals surface area contributed by atoms with Gasteiger partial charge in [0, 0.05) is 17.8 Å². The van der Waals surface area contributed by atoms with Gasteiger partial charge in [-0.3, -0.25) is 9.20 Å². The molecule has 0 aliphatic heterocycles. The number of nitrogens with zero attached hydrogens (tertiary/aromatic N) is 1. The van der Waals surface area contributed by atoms with E-state index in [9.17, 15) is 9.18 Å². The molecule has 21 heavy (non-hydrogen) atoms. The number of halogens is 1. The van der Waals surface area contributed by atoms with Gasteiger partial charge in [0.1, 0.15) is 5.82 Å². The third kappa shape index (κ3) is 2.45. The first-order valence-corrected chi connectivity index (χ1v) is 6.80. The van der Waals surface area contributed by atoms with E-state index < -0.39 is 5.82 Å². The van der Waals surface area contributed by atoms with Crippen molar-refractivity contribution in [3.05, 3.63) is 76.5 Å². The van der Waals surface area contributed by atoms with E-state index in [0.29, 0.717) is 18.5 Å².